The SMILES string of the molecule is CCCCCCCCCCCCCCC(=O)OC[C@@H](COP(=O)(O)OCCN)OC(=O)CCCCCCCCCCCC1CC1. The van der Waals surface area contributed by atoms with Crippen molar-refractivity contribution < 1.29 is 37.6 Å². The first-order chi connectivity index (χ1) is 21.9. The molecule has 2 atom stereocenters. The third-order valence-electron chi connectivity index (χ3n) is 8.45. The normalized spacial score (nSPS) is 15.1. The van der Waals surface area contributed by atoms with Gasteiger partial charge in [-0.3, -0.25) is 18.6 Å². The Balaban J connectivity index is 2.19. The zero-order chi connectivity index (χ0) is 32.9. The largest absolute Gasteiger partial charge is 0.472 e. The van der Waals surface area contributed by atoms with E-state index in [0.717, 1.165) is 38.0 Å². The third kappa shape index (κ3) is 28.9. The summed E-state index contributed by atoms with van der Waals surface area (Å²) < 4.78 is 32.6. The molecule has 0 bridgehead atoms. The number of esters is 2. The second kappa shape index (κ2) is 29.2. The Bertz CT molecular complexity index is 764. The summed E-state index contributed by atoms with van der Waals surface area (Å²) in [7, 11) is -4.36. The van der Waals surface area contributed by atoms with Gasteiger partial charge >= 0.3 is 19.8 Å². The lowest BCUT2D eigenvalue weighted by Gasteiger charge is -2.19. The molecule has 1 saturated carbocycles. The number of phosphoric ester groups is 1. The van der Waals surface area contributed by atoms with Gasteiger partial charge in [-0.25, -0.2) is 4.57 Å². The molecule has 0 spiro atoms. The van der Waals surface area contributed by atoms with Crippen molar-refractivity contribution in [1.82, 2.24) is 0 Å². The quantitative estimate of drug-likeness (QED) is 0.0393. The minimum Gasteiger partial charge on any atom is -0.462 e. The average molecular weight is 662 g/mol. The predicted molar refractivity (Wildman–Crippen MR) is 181 cm³/mol. The van der Waals surface area contributed by atoms with Crippen LogP contribution in [0.2, 0.25) is 0 Å². The van der Waals surface area contributed by atoms with Crippen LogP contribution in [0, 0.1) is 5.92 Å². The standard InChI is InChI=1S/C35H68NO8P/c1-2-3-4-5-6-7-8-9-12-15-18-21-24-34(37)41-30-33(31-43-45(39,40)42-29-28-36)44-35(38)25-22-19-16-13-10-11-14-17-20-23-32-26-27-32/h32-33H,2-31,36H2,1H3,(H,39,40)/t33-/m0/s1. The Morgan fingerprint density at radius 3 is 1.64 bits per heavy atom. The number of carbonyl (C=O) groups is 2. The van der Waals surface area contributed by atoms with Crippen LogP contribution < -0.4 is 5.73 Å². The summed E-state index contributed by atoms with van der Waals surface area (Å²) in [6.07, 6.45) is 28.9. The summed E-state index contributed by atoms with van der Waals surface area (Å²) in [4.78, 5) is 34.6. The number of unbranched alkanes of at least 4 members (excludes halogenated alkanes) is 19. The zero-order valence-electron chi connectivity index (χ0n) is 28.7. The Kier molecular flexibility index (Phi) is 27.2. The van der Waals surface area contributed by atoms with E-state index in [2.05, 4.69) is 6.92 Å². The molecular formula is C35H68NO8P. The molecule has 0 amide bonds. The summed E-state index contributed by atoms with van der Waals surface area (Å²) in [6, 6.07) is 0. The van der Waals surface area contributed by atoms with E-state index in [4.69, 9.17) is 24.3 Å². The molecule has 0 aliphatic heterocycles. The first-order valence-corrected chi connectivity index (χ1v) is 20.0. The first-order valence-electron chi connectivity index (χ1n) is 18.5. The highest BCUT2D eigenvalue weighted by atomic mass is 31.2. The monoisotopic (exact) mass is 661 g/mol. The Hall–Kier alpha value is -0.990. The minimum atomic E-state index is -4.36. The van der Waals surface area contributed by atoms with E-state index in [1.807, 2.05) is 0 Å². The first kappa shape index (κ1) is 42.0. The van der Waals surface area contributed by atoms with Gasteiger partial charge in [-0.2, -0.15) is 0 Å². The number of ether oxygens (including phenoxy) is 2. The molecule has 0 radical (unpaired) electrons. The van der Waals surface area contributed by atoms with E-state index >= 15 is 0 Å². The Morgan fingerprint density at radius 1 is 0.689 bits per heavy atom. The highest BCUT2D eigenvalue weighted by molar-refractivity contribution is 7.47. The van der Waals surface area contributed by atoms with Gasteiger partial charge in [-0.1, -0.05) is 148 Å². The second-order valence-electron chi connectivity index (χ2n) is 13.0. The summed E-state index contributed by atoms with van der Waals surface area (Å²) in [5, 5.41) is 0. The van der Waals surface area contributed by atoms with E-state index in [0.29, 0.717) is 6.42 Å². The molecule has 1 rings (SSSR count). The number of hydrogen-bond donors (Lipinski definition) is 2. The molecule has 0 saturated heterocycles. The van der Waals surface area contributed by atoms with E-state index in [9.17, 15) is 19.0 Å². The van der Waals surface area contributed by atoms with Crippen LogP contribution in [0.25, 0.3) is 0 Å². The maximum Gasteiger partial charge on any atom is 0.472 e. The lowest BCUT2D eigenvalue weighted by molar-refractivity contribution is -0.161. The van der Waals surface area contributed by atoms with Gasteiger partial charge in [-0.05, 0) is 18.8 Å². The zero-order valence-corrected chi connectivity index (χ0v) is 29.6. The lowest BCUT2D eigenvalue weighted by atomic mass is 10.0. The van der Waals surface area contributed by atoms with Crippen molar-refractivity contribution in [3.05, 3.63) is 0 Å². The number of hydrogen-bond acceptors (Lipinski definition) is 8. The molecule has 0 aromatic heterocycles. The van der Waals surface area contributed by atoms with E-state index in [-0.39, 0.29) is 38.6 Å². The van der Waals surface area contributed by atoms with Crippen LogP contribution in [0.4, 0.5) is 0 Å². The van der Waals surface area contributed by atoms with Crippen molar-refractivity contribution in [3.8, 4) is 0 Å². The number of phosphoric acid groups is 1. The summed E-state index contributed by atoms with van der Waals surface area (Å²) >= 11 is 0. The van der Waals surface area contributed by atoms with Crippen molar-refractivity contribution in [3.63, 3.8) is 0 Å². The number of carbonyl (C=O) groups excluding carboxylic acids is 2. The molecule has 1 unspecified atom stereocenters. The topological polar surface area (TPSA) is 134 Å². The fourth-order valence-electron chi connectivity index (χ4n) is 5.46. The van der Waals surface area contributed by atoms with Crippen LogP contribution in [0.1, 0.15) is 174 Å². The van der Waals surface area contributed by atoms with Gasteiger partial charge in [0.25, 0.3) is 0 Å². The number of rotatable bonds is 34. The van der Waals surface area contributed by atoms with Crippen LogP contribution in [0.15, 0.2) is 0 Å². The third-order valence-corrected chi connectivity index (χ3v) is 9.43. The maximum atomic E-state index is 12.5. The van der Waals surface area contributed by atoms with Crippen molar-refractivity contribution in [1.29, 1.82) is 0 Å². The van der Waals surface area contributed by atoms with Crippen LogP contribution in [-0.4, -0.2) is 49.3 Å². The van der Waals surface area contributed by atoms with Gasteiger partial charge in [0.15, 0.2) is 6.10 Å². The summed E-state index contributed by atoms with van der Waals surface area (Å²) in [5.74, 6) is 0.222. The van der Waals surface area contributed by atoms with Crippen molar-refractivity contribution >= 4 is 19.8 Å². The lowest BCUT2D eigenvalue weighted by Crippen LogP contribution is -2.29. The molecule has 1 fully saturated rings. The molecule has 0 aromatic carbocycles. The van der Waals surface area contributed by atoms with Crippen LogP contribution >= 0.6 is 7.82 Å². The smallest absolute Gasteiger partial charge is 0.462 e. The summed E-state index contributed by atoms with van der Waals surface area (Å²) in [5.41, 5.74) is 5.32. The number of nitrogens with two attached hydrogens (primary N) is 1. The highest BCUT2D eigenvalue weighted by Crippen LogP contribution is 2.43. The molecule has 1 aliphatic carbocycles. The second-order valence-corrected chi connectivity index (χ2v) is 14.4. The van der Waals surface area contributed by atoms with Crippen LogP contribution in [0.5, 0.6) is 0 Å². The molecule has 9 nitrogen and oxygen atoms in total. The van der Waals surface area contributed by atoms with Crippen molar-refractivity contribution in [2.45, 2.75) is 180 Å². The molecule has 1 aliphatic rings. The van der Waals surface area contributed by atoms with Gasteiger partial charge in [-0.15, -0.1) is 0 Å². The van der Waals surface area contributed by atoms with Gasteiger partial charge in [0, 0.05) is 19.4 Å². The molecule has 0 heterocycles. The fraction of sp³-hybridized carbons (Fsp3) is 0.943. The Morgan fingerprint density at radius 2 is 1.16 bits per heavy atom. The average Bonchev–Trinajstić information content (AvgIpc) is 3.85. The van der Waals surface area contributed by atoms with Crippen molar-refractivity contribution in [2.75, 3.05) is 26.4 Å². The van der Waals surface area contributed by atoms with Crippen LogP contribution in [0.3, 0.4) is 0 Å². The fourth-order valence-corrected chi connectivity index (χ4v) is 6.22. The van der Waals surface area contributed by atoms with E-state index in [1.54, 1.807) is 0 Å². The van der Waals surface area contributed by atoms with Gasteiger partial charge in [0.05, 0.1) is 13.2 Å². The van der Waals surface area contributed by atoms with Crippen molar-refractivity contribution in [2.24, 2.45) is 11.7 Å². The van der Waals surface area contributed by atoms with Gasteiger partial charge in [0.1, 0.15) is 6.61 Å². The van der Waals surface area contributed by atoms with Gasteiger partial charge < -0.3 is 20.1 Å². The molecule has 266 valence electrons. The molecule has 0 aromatic rings. The minimum absolute atomic E-state index is 0.0590. The summed E-state index contributed by atoms with van der Waals surface area (Å²) in [6.45, 7) is 1.50. The maximum absolute atomic E-state index is 12.5. The molecular weight excluding hydrogens is 593 g/mol. The van der Waals surface area contributed by atoms with Gasteiger partial charge in [0.2, 0.25) is 0 Å². The van der Waals surface area contributed by atoms with E-state index < -0.39 is 26.5 Å². The van der Waals surface area contributed by atoms with E-state index in [1.165, 1.54) is 116 Å². The Labute approximate surface area is 275 Å². The predicted octanol–water partition coefficient (Wildman–Crippen LogP) is 9.33. The molecule has 45 heavy (non-hydrogen) atoms. The highest BCUT2D eigenvalue weighted by Gasteiger charge is 2.26. The molecule has 10 heteroatoms. The van der Waals surface area contributed by atoms with Crippen LogP contribution in [-0.2, 0) is 32.7 Å². The molecule has 3 N–H and O–H groups in total.